The molecule has 9 heteroatoms. The first kappa shape index (κ1) is 63.9. The summed E-state index contributed by atoms with van der Waals surface area (Å²) in [4.78, 5) is 23.0. The lowest BCUT2D eigenvalue weighted by atomic mass is 10.0. The van der Waals surface area contributed by atoms with Crippen LogP contribution in [-0.2, 0) is 18.4 Å². The number of phosphoric acid groups is 1. The minimum absolute atomic E-state index is 0.0733. The van der Waals surface area contributed by atoms with Crippen molar-refractivity contribution in [3.05, 3.63) is 72.9 Å². The molecule has 0 aliphatic heterocycles. The first-order chi connectivity index (χ1) is 32.0. The van der Waals surface area contributed by atoms with Crippen molar-refractivity contribution in [3.8, 4) is 0 Å². The van der Waals surface area contributed by atoms with Crippen LogP contribution in [-0.4, -0.2) is 73.4 Å². The lowest BCUT2D eigenvalue weighted by molar-refractivity contribution is -0.870. The maximum atomic E-state index is 12.8. The molecule has 0 aromatic heterocycles. The molecular weight excluding hydrogens is 840 g/mol. The Kier molecular flexibility index (Phi) is 46.5. The summed E-state index contributed by atoms with van der Waals surface area (Å²) in [6, 6.07) is -0.757. The number of hydrogen-bond acceptors (Lipinski definition) is 5. The number of unbranched alkanes of at least 4 members (excludes halogenated alkanes) is 24. The van der Waals surface area contributed by atoms with Gasteiger partial charge >= 0.3 is 7.82 Å². The number of aliphatic hydroxyl groups excluding tert-OH is 1. The number of nitrogens with zero attached hydrogens (tertiary/aromatic N) is 1. The number of phosphoric ester groups is 1. The van der Waals surface area contributed by atoms with Crippen molar-refractivity contribution in [2.45, 2.75) is 244 Å². The van der Waals surface area contributed by atoms with Gasteiger partial charge in [-0.3, -0.25) is 13.8 Å². The quantitative estimate of drug-likeness (QED) is 0.0243. The van der Waals surface area contributed by atoms with Crippen molar-refractivity contribution in [1.82, 2.24) is 5.32 Å². The van der Waals surface area contributed by atoms with Gasteiger partial charge in [0, 0.05) is 6.42 Å². The number of rotatable bonds is 49. The third-order valence-corrected chi connectivity index (χ3v) is 13.0. The molecule has 0 aliphatic rings. The second-order valence-electron chi connectivity index (χ2n) is 19.6. The molecule has 0 saturated heterocycles. The van der Waals surface area contributed by atoms with Crippen molar-refractivity contribution >= 4 is 13.7 Å². The summed E-state index contributed by atoms with van der Waals surface area (Å²) in [7, 11) is 1.61. The number of carbonyl (C=O) groups is 1. The summed E-state index contributed by atoms with van der Waals surface area (Å²) < 4.78 is 23.5. The van der Waals surface area contributed by atoms with Crippen LogP contribution in [0.4, 0.5) is 0 Å². The average Bonchev–Trinajstić information content (AvgIpc) is 3.27. The van der Waals surface area contributed by atoms with Gasteiger partial charge in [-0.15, -0.1) is 0 Å². The number of aliphatic hydroxyl groups is 1. The summed E-state index contributed by atoms with van der Waals surface area (Å²) in [5, 5.41) is 13.8. The zero-order chi connectivity index (χ0) is 48.5. The van der Waals surface area contributed by atoms with Crippen LogP contribution in [0.15, 0.2) is 72.9 Å². The monoisotopic (exact) mass is 946 g/mol. The number of hydrogen-bond donors (Lipinski definition) is 3. The maximum Gasteiger partial charge on any atom is 0.472 e. The van der Waals surface area contributed by atoms with Gasteiger partial charge in [-0.1, -0.05) is 234 Å². The Balaban J connectivity index is 3.74. The van der Waals surface area contributed by atoms with Crippen LogP contribution in [0.2, 0.25) is 0 Å². The third kappa shape index (κ3) is 49.8. The zero-order valence-corrected chi connectivity index (χ0v) is 44.6. The van der Waals surface area contributed by atoms with Crippen LogP contribution in [0.1, 0.15) is 232 Å². The summed E-state index contributed by atoms with van der Waals surface area (Å²) in [6.45, 7) is 4.68. The number of allylic oxidation sites excluding steroid dienone is 12. The van der Waals surface area contributed by atoms with E-state index in [1.165, 1.54) is 116 Å². The standard InChI is InChI=1S/C57H105N2O6P/c1-6-8-10-12-13-14-15-16-17-18-19-20-21-22-23-24-25-26-27-28-29-30-31-32-33-34-35-36-37-38-39-40-41-42-43-44-45-47-49-51-57(61)58-55(56(60)50-48-46-11-9-7-2)54-65-66(62,63)64-53-52-59(3,4)5/h8,10,13-14,16-17,19-20,22-23,25-26,55-56,60H,6-7,9,11-12,15,18,21,24,27-54H2,1-5H3,(H-,58,61,62,63)/p+1/b10-8-,14-13-,17-16-,20-19-,23-22-,26-25-. The van der Waals surface area contributed by atoms with Gasteiger partial charge in [0.25, 0.3) is 0 Å². The van der Waals surface area contributed by atoms with Crippen LogP contribution >= 0.6 is 7.82 Å². The van der Waals surface area contributed by atoms with Crippen molar-refractivity contribution in [3.63, 3.8) is 0 Å². The van der Waals surface area contributed by atoms with Gasteiger partial charge in [0.1, 0.15) is 13.2 Å². The Labute approximate surface area is 408 Å². The van der Waals surface area contributed by atoms with Gasteiger partial charge in [0.15, 0.2) is 0 Å². The van der Waals surface area contributed by atoms with Crippen LogP contribution in [0.25, 0.3) is 0 Å². The average molecular weight is 946 g/mol. The fourth-order valence-electron chi connectivity index (χ4n) is 7.70. The molecule has 384 valence electrons. The summed E-state index contributed by atoms with van der Waals surface area (Å²) in [5.41, 5.74) is 0. The molecule has 0 fully saturated rings. The van der Waals surface area contributed by atoms with Crippen LogP contribution in [0.3, 0.4) is 0 Å². The molecule has 66 heavy (non-hydrogen) atoms. The Morgan fingerprint density at radius 2 is 0.909 bits per heavy atom. The Morgan fingerprint density at radius 3 is 1.33 bits per heavy atom. The van der Waals surface area contributed by atoms with Crippen LogP contribution < -0.4 is 5.32 Å². The molecule has 8 nitrogen and oxygen atoms in total. The molecule has 1 amide bonds. The molecule has 0 heterocycles. The third-order valence-electron chi connectivity index (χ3n) is 12.0. The second kappa shape index (κ2) is 48.0. The normalized spacial score (nSPS) is 14.6. The lowest BCUT2D eigenvalue weighted by Crippen LogP contribution is -2.46. The van der Waals surface area contributed by atoms with Gasteiger partial charge in [-0.05, 0) is 64.2 Å². The van der Waals surface area contributed by atoms with Crippen LogP contribution in [0, 0.1) is 0 Å². The molecule has 0 spiro atoms. The summed E-state index contributed by atoms with van der Waals surface area (Å²) >= 11 is 0. The number of carbonyl (C=O) groups excluding carboxylic acids is 1. The smallest absolute Gasteiger partial charge is 0.391 e. The van der Waals surface area contributed by atoms with Crippen molar-refractivity contribution < 1.29 is 32.9 Å². The molecule has 0 aromatic rings. The van der Waals surface area contributed by atoms with E-state index in [0.717, 1.165) is 89.9 Å². The Bertz CT molecular complexity index is 1300. The number of amides is 1. The molecular formula is C57H106N2O6P+. The highest BCUT2D eigenvalue weighted by Gasteiger charge is 2.28. The highest BCUT2D eigenvalue weighted by atomic mass is 31.2. The van der Waals surface area contributed by atoms with Crippen molar-refractivity contribution in [1.29, 1.82) is 0 Å². The maximum absolute atomic E-state index is 12.8. The van der Waals surface area contributed by atoms with E-state index in [0.29, 0.717) is 23.9 Å². The first-order valence-corrected chi connectivity index (χ1v) is 28.8. The van der Waals surface area contributed by atoms with E-state index < -0.39 is 20.0 Å². The van der Waals surface area contributed by atoms with Gasteiger partial charge < -0.3 is 19.8 Å². The molecule has 3 unspecified atom stereocenters. The Morgan fingerprint density at radius 1 is 0.530 bits per heavy atom. The molecule has 0 aromatic carbocycles. The van der Waals surface area contributed by atoms with E-state index in [4.69, 9.17) is 9.05 Å². The first-order valence-electron chi connectivity index (χ1n) is 27.3. The molecule has 0 radical (unpaired) electrons. The Hall–Kier alpha value is -2.06. The fourth-order valence-corrected chi connectivity index (χ4v) is 8.43. The lowest BCUT2D eigenvalue weighted by Gasteiger charge is -2.26. The fraction of sp³-hybridized carbons (Fsp3) is 0.772. The number of likely N-dealkylation sites (N-methyl/N-ethyl adjacent to an activating group) is 1. The van der Waals surface area contributed by atoms with E-state index in [1.54, 1.807) is 0 Å². The summed E-state index contributed by atoms with van der Waals surface area (Å²) in [6.07, 6.45) is 66.0. The number of nitrogens with one attached hydrogen (secondary N) is 1. The second-order valence-corrected chi connectivity index (χ2v) is 21.0. The number of quaternary nitrogens is 1. The van der Waals surface area contributed by atoms with Gasteiger partial charge in [0.05, 0.1) is 39.9 Å². The minimum Gasteiger partial charge on any atom is -0.391 e. The molecule has 0 rings (SSSR count). The topological polar surface area (TPSA) is 105 Å². The predicted molar refractivity (Wildman–Crippen MR) is 286 cm³/mol. The molecule has 3 N–H and O–H groups in total. The highest BCUT2D eigenvalue weighted by Crippen LogP contribution is 2.43. The SMILES string of the molecule is CC/C=C\C/C=C\C/C=C\C/C=C\C/C=C\C/C=C\CCCCCCCCCCCCCCCCCCCCCCC(=O)NC(COP(=O)(O)OCC[N+](C)(C)C)C(O)CCCCCCC. The van der Waals surface area contributed by atoms with Gasteiger partial charge in [-0.2, -0.15) is 0 Å². The molecule has 0 aliphatic carbocycles. The van der Waals surface area contributed by atoms with E-state index in [2.05, 4.69) is 92.1 Å². The highest BCUT2D eigenvalue weighted by molar-refractivity contribution is 7.47. The minimum atomic E-state index is -4.30. The van der Waals surface area contributed by atoms with Crippen molar-refractivity contribution in [2.75, 3.05) is 40.9 Å². The summed E-state index contributed by atoms with van der Waals surface area (Å²) in [5.74, 6) is -0.151. The van der Waals surface area contributed by atoms with E-state index in [-0.39, 0.29) is 19.1 Å². The molecule has 0 saturated carbocycles. The zero-order valence-electron chi connectivity index (χ0n) is 43.7. The van der Waals surface area contributed by atoms with Crippen LogP contribution in [0.5, 0.6) is 0 Å². The predicted octanol–water partition coefficient (Wildman–Crippen LogP) is 16.3. The van der Waals surface area contributed by atoms with E-state index in [1.807, 2.05) is 21.1 Å². The van der Waals surface area contributed by atoms with E-state index >= 15 is 0 Å². The van der Waals surface area contributed by atoms with E-state index in [9.17, 15) is 19.4 Å². The van der Waals surface area contributed by atoms with Gasteiger partial charge in [0.2, 0.25) is 5.91 Å². The molecule has 3 atom stereocenters. The molecule has 0 bridgehead atoms. The van der Waals surface area contributed by atoms with Crippen molar-refractivity contribution in [2.24, 2.45) is 0 Å². The largest absolute Gasteiger partial charge is 0.472 e. The van der Waals surface area contributed by atoms with Gasteiger partial charge in [-0.25, -0.2) is 4.57 Å².